The first kappa shape index (κ1) is 15.8. The molecule has 0 aliphatic rings. The Morgan fingerprint density at radius 2 is 2.29 bits per heavy atom. The number of aliphatic imine (C=N–C) groups is 1. The minimum atomic E-state index is -0.352. The minimum absolute atomic E-state index is 0.249. The Morgan fingerprint density at radius 3 is 2.81 bits per heavy atom. The molecule has 0 aliphatic heterocycles. The van der Waals surface area contributed by atoms with Gasteiger partial charge in [0.15, 0.2) is 0 Å². The molecule has 0 aromatic carbocycles. The summed E-state index contributed by atoms with van der Waals surface area (Å²) < 4.78 is 0. The fourth-order valence-electron chi connectivity index (χ4n) is 1.92. The summed E-state index contributed by atoms with van der Waals surface area (Å²) in [6, 6.07) is 6.68. The molecule has 2 atom stereocenters. The second kappa shape index (κ2) is 7.46. The summed E-state index contributed by atoms with van der Waals surface area (Å²) in [7, 11) is 4.09. The highest BCUT2D eigenvalue weighted by Crippen LogP contribution is 2.24. The third kappa shape index (κ3) is 4.21. The lowest BCUT2D eigenvalue weighted by Gasteiger charge is -2.21. The molecule has 0 saturated heterocycles. The van der Waals surface area contributed by atoms with Crippen molar-refractivity contribution in [2.24, 2.45) is 4.99 Å². The molecule has 0 bridgehead atoms. The maximum atomic E-state index is 9.26. The van der Waals surface area contributed by atoms with Crippen LogP contribution in [-0.2, 0) is 0 Å². The normalized spacial score (nSPS) is 14.4. The van der Waals surface area contributed by atoms with Gasteiger partial charge in [-0.3, -0.25) is 4.99 Å². The van der Waals surface area contributed by atoms with Gasteiger partial charge < -0.3 is 4.90 Å². The zero-order valence-electron chi connectivity index (χ0n) is 12.4. The molecule has 2 heterocycles. The van der Waals surface area contributed by atoms with Crippen LogP contribution in [0.1, 0.15) is 27.5 Å². The molecule has 0 N–H and O–H groups in total. The van der Waals surface area contributed by atoms with Gasteiger partial charge in [0.1, 0.15) is 10.9 Å². The van der Waals surface area contributed by atoms with Crippen molar-refractivity contribution < 1.29 is 0 Å². The van der Waals surface area contributed by atoms with Gasteiger partial charge in [-0.25, -0.2) is 4.98 Å². The third-order valence-corrected chi connectivity index (χ3v) is 5.09. The SMILES string of the molecule is Cc1csc([C@H](C#N)C=NC[C@H](c2cccs2)N(C)C)n1. The van der Waals surface area contributed by atoms with Crippen molar-refractivity contribution in [1.29, 1.82) is 5.26 Å². The molecule has 0 radical (unpaired) electrons. The van der Waals surface area contributed by atoms with Crippen LogP contribution in [0.25, 0.3) is 0 Å². The molecule has 2 aromatic rings. The first-order chi connectivity index (χ1) is 10.1. The van der Waals surface area contributed by atoms with E-state index in [0.29, 0.717) is 6.54 Å². The standard InChI is InChI=1S/C15H18N4S2/c1-11-10-21-15(18-11)12(7-16)8-17-9-13(19(2)3)14-5-4-6-20-14/h4-6,8,10,12-13H,9H2,1-3H3/t12-,13-/m1/s1. The van der Waals surface area contributed by atoms with Crippen LogP contribution in [0, 0.1) is 18.3 Å². The first-order valence-electron chi connectivity index (χ1n) is 6.63. The number of thiophene rings is 1. The van der Waals surface area contributed by atoms with Crippen LogP contribution < -0.4 is 0 Å². The summed E-state index contributed by atoms with van der Waals surface area (Å²) >= 11 is 3.24. The summed E-state index contributed by atoms with van der Waals surface area (Å²) in [6.45, 7) is 2.58. The number of thiazole rings is 1. The highest BCUT2D eigenvalue weighted by Gasteiger charge is 2.15. The van der Waals surface area contributed by atoms with Crippen LogP contribution >= 0.6 is 22.7 Å². The van der Waals surface area contributed by atoms with Crippen molar-refractivity contribution >= 4 is 28.9 Å². The molecule has 0 saturated carbocycles. The number of likely N-dealkylation sites (N-methyl/N-ethyl adjacent to an activating group) is 1. The number of rotatable bonds is 6. The highest BCUT2D eigenvalue weighted by atomic mass is 32.1. The van der Waals surface area contributed by atoms with Gasteiger partial charge >= 0.3 is 0 Å². The van der Waals surface area contributed by atoms with Gasteiger partial charge in [0.2, 0.25) is 0 Å². The Bertz CT molecular complexity index is 622. The number of aryl methyl sites for hydroxylation is 1. The highest BCUT2D eigenvalue weighted by molar-refractivity contribution is 7.10. The van der Waals surface area contributed by atoms with E-state index in [1.807, 2.05) is 26.4 Å². The van der Waals surface area contributed by atoms with E-state index in [0.717, 1.165) is 10.7 Å². The van der Waals surface area contributed by atoms with Gasteiger partial charge in [-0.2, -0.15) is 5.26 Å². The zero-order valence-corrected chi connectivity index (χ0v) is 14.0. The van der Waals surface area contributed by atoms with Crippen LogP contribution in [0.5, 0.6) is 0 Å². The van der Waals surface area contributed by atoms with E-state index in [4.69, 9.17) is 0 Å². The first-order valence-corrected chi connectivity index (χ1v) is 8.39. The van der Waals surface area contributed by atoms with Crippen molar-refractivity contribution in [1.82, 2.24) is 9.88 Å². The van der Waals surface area contributed by atoms with E-state index in [1.165, 1.54) is 16.2 Å². The number of nitriles is 1. The van der Waals surface area contributed by atoms with E-state index >= 15 is 0 Å². The monoisotopic (exact) mass is 318 g/mol. The Labute approximate surface area is 133 Å². The van der Waals surface area contributed by atoms with Gasteiger partial charge in [-0.05, 0) is 32.5 Å². The average molecular weight is 318 g/mol. The zero-order chi connectivity index (χ0) is 15.2. The molecule has 21 heavy (non-hydrogen) atoms. The Hall–Kier alpha value is -1.55. The van der Waals surface area contributed by atoms with Crippen molar-refractivity contribution in [2.75, 3.05) is 20.6 Å². The topological polar surface area (TPSA) is 52.3 Å². The van der Waals surface area contributed by atoms with Crippen molar-refractivity contribution in [3.05, 3.63) is 38.5 Å². The van der Waals surface area contributed by atoms with Crippen molar-refractivity contribution in [3.8, 4) is 6.07 Å². The summed E-state index contributed by atoms with van der Waals surface area (Å²) in [5.41, 5.74) is 0.952. The molecule has 2 rings (SSSR count). The second-order valence-electron chi connectivity index (χ2n) is 4.94. The van der Waals surface area contributed by atoms with E-state index in [2.05, 4.69) is 38.5 Å². The van der Waals surface area contributed by atoms with Crippen molar-refractivity contribution in [3.63, 3.8) is 0 Å². The quantitative estimate of drug-likeness (QED) is 0.766. The molecule has 0 fully saturated rings. The predicted octanol–water partition coefficient (Wildman–Crippen LogP) is 3.49. The van der Waals surface area contributed by atoms with Crippen LogP contribution in [0.15, 0.2) is 27.9 Å². The molecule has 0 amide bonds. The van der Waals surface area contributed by atoms with Gasteiger partial charge in [-0.15, -0.1) is 22.7 Å². The van der Waals surface area contributed by atoms with E-state index < -0.39 is 0 Å². The third-order valence-electron chi connectivity index (χ3n) is 3.07. The maximum Gasteiger partial charge on any atom is 0.133 e. The smallest absolute Gasteiger partial charge is 0.133 e. The number of hydrogen-bond acceptors (Lipinski definition) is 6. The minimum Gasteiger partial charge on any atom is -0.300 e. The number of aromatic nitrogens is 1. The number of nitrogens with zero attached hydrogens (tertiary/aromatic N) is 4. The van der Waals surface area contributed by atoms with Crippen LogP contribution in [-0.4, -0.2) is 36.7 Å². The Kier molecular flexibility index (Phi) is 5.62. The molecule has 110 valence electrons. The maximum absolute atomic E-state index is 9.26. The molecule has 4 nitrogen and oxygen atoms in total. The lowest BCUT2D eigenvalue weighted by atomic mass is 10.2. The summed E-state index contributed by atoms with van der Waals surface area (Å²) in [6.07, 6.45) is 1.72. The van der Waals surface area contributed by atoms with Gasteiger partial charge in [0.05, 0.1) is 18.7 Å². The molecular formula is C15H18N4S2. The lowest BCUT2D eigenvalue weighted by Crippen LogP contribution is -2.21. The lowest BCUT2D eigenvalue weighted by molar-refractivity contribution is 0.311. The van der Waals surface area contributed by atoms with Crippen LogP contribution in [0.3, 0.4) is 0 Å². The second-order valence-corrected chi connectivity index (χ2v) is 6.81. The van der Waals surface area contributed by atoms with Gasteiger partial charge in [0, 0.05) is 22.2 Å². The number of hydrogen-bond donors (Lipinski definition) is 0. The largest absolute Gasteiger partial charge is 0.300 e. The molecule has 0 spiro atoms. The van der Waals surface area contributed by atoms with Gasteiger partial charge in [-0.1, -0.05) is 6.07 Å². The van der Waals surface area contributed by atoms with Crippen LogP contribution in [0.4, 0.5) is 0 Å². The molecule has 0 unspecified atom stereocenters. The fourth-order valence-corrected chi connectivity index (χ4v) is 3.64. The van der Waals surface area contributed by atoms with Crippen molar-refractivity contribution in [2.45, 2.75) is 18.9 Å². The predicted molar refractivity (Wildman–Crippen MR) is 89.3 cm³/mol. The molecular weight excluding hydrogens is 300 g/mol. The van der Waals surface area contributed by atoms with E-state index in [-0.39, 0.29) is 12.0 Å². The average Bonchev–Trinajstić information content (AvgIpc) is 3.10. The molecule has 6 heteroatoms. The Balaban J connectivity index is 2.04. The van der Waals surface area contributed by atoms with E-state index in [9.17, 15) is 5.26 Å². The summed E-state index contributed by atoms with van der Waals surface area (Å²) in [5, 5.41) is 14.1. The molecule has 0 aliphatic carbocycles. The fraction of sp³-hybridized carbons (Fsp3) is 0.400. The summed E-state index contributed by atoms with van der Waals surface area (Å²) in [4.78, 5) is 12.3. The van der Waals surface area contributed by atoms with E-state index in [1.54, 1.807) is 17.6 Å². The Morgan fingerprint density at radius 1 is 1.48 bits per heavy atom. The van der Waals surface area contributed by atoms with Gasteiger partial charge in [0.25, 0.3) is 0 Å². The van der Waals surface area contributed by atoms with Crippen LogP contribution in [0.2, 0.25) is 0 Å². The molecule has 2 aromatic heterocycles. The summed E-state index contributed by atoms with van der Waals surface area (Å²) in [5.74, 6) is -0.352.